The summed E-state index contributed by atoms with van der Waals surface area (Å²) in [6.45, 7) is 7.74. The molecule has 0 spiro atoms. The molecule has 0 amide bonds. The Morgan fingerprint density at radius 2 is 2.12 bits per heavy atom. The van der Waals surface area contributed by atoms with E-state index in [-0.39, 0.29) is 0 Å². The maximum Gasteiger partial charge on any atom is 0.0431 e. The molecule has 1 N–H and O–H groups in total. The van der Waals surface area contributed by atoms with Crippen molar-refractivity contribution in [1.29, 1.82) is 0 Å². The van der Waals surface area contributed by atoms with Crippen LogP contribution in [0, 0.1) is 5.92 Å². The van der Waals surface area contributed by atoms with Gasteiger partial charge in [-0.1, -0.05) is 20.8 Å². The number of rotatable bonds is 7. The van der Waals surface area contributed by atoms with Gasteiger partial charge in [0, 0.05) is 21.6 Å². The average Bonchev–Trinajstić information content (AvgIpc) is 2.63. The smallest absolute Gasteiger partial charge is 0.0431 e. The van der Waals surface area contributed by atoms with Gasteiger partial charge in [-0.15, -0.1) is 0 Å². The van der Waals surface area contributed by atoms with Crippen LogP contribution < -0.4 is 5.32 Å². The topological polar surface area (TPSA) is 12.0 Å². The zero-order chi connectivity index (χ0) is 12.0. The third kappa shape index (κ3) is 4.78. The first-order valence-corrected chi connectivity index (χ1v) is 8.56. The summed E-state index contributed by atoms with van der Waals surface area (Å²) in [5.41, 5.74) is 1.41. The first-order valence-electron chi connectivity index (χ1n) is 5.67. The van der Waals surface area contributed by atoms with Crippen LogP contribution in [0.15, 0.2) is 15.2 Å². The van der Waals surface area contributed by atoms with Crippen LogP contribution in [-0.2, 0) is 0 Å². The minimum Gasteiger partial charge on any atom is -0.309 e. The predicted octanol–water partition coefficient (Wildman–Crippen LogP) is 4.55. The number of thiophene rings is 1. The molecule has 0 aromatic carbocycles. The van der Waals surface area contributed by atoms with Crippen molar-refractivity contribution in [2.24, 2.45) is 5.92 Å². The van der Waals surface area contributed by atoms with Gasteiger partial charge in [0.25, 0.3) is 0 Å². The van der Waals surface area contributed by atoms with Crippen molar-refractivity contribution in [2.75, 3.05) is 18.1 Å². The van der Waals surface area contributed by atoms with Crippen molar-refractivity contribution in [3.05, 3.63) is 20.8 Å². The zero-order valence-electron chi connectivity index (χ0n) is 10.1. The molecule has 4 heteroatoms. The molecule has 0 aliphatic rings. The molecule has 0 saturated heterocycles. The molecule has 1 nitrogen and oxygen atoms in total. The summed E-state index contributed by atoms with van der Waals surface area (Å²) in [6.07, 6.45) is 0. The van der Waals surface area contributed by atoms with Gasteiger partial charge in [-0.2, -0.15) is 23.1 Å². The van der Waals surface area contributed by atoms with Crippen LogP contribution in [0.1, 0.15) is 32.4 Å². The van der Waals surface area contributed by atoms with Crippen LogP contribution >= 0.6 is 39.0 Å². The van der Waals surface area contributed by atoms with Crippen molar-refractivity contribution in [2.45, 2.75) is 26.8 Å². The van der Waals surface area contributed by atoms with E-state index in [1.54, 1.807) is 11.3 Å². The normalized spacial score (nSPS) is 13.3. The fraction of sp³-hybridized carbons (Fsp3) is 0.667. The van der Waals surface area contributed by atoms with E-state index in [4.69, 9.17) is 0 Å². The summed E-state index contributed by atoms with van der Waals surface area (Å²) in [4.78, 5) is 0. The third-order valence-corrected chi connectivity index (χ3v) is 5.43. The highest BCUT2D eigenvalue weighted by Crippen LogP contribution is 2.29. The number of nitrogens with one attached hydrogen (secondary N) is 1. The zero-order valence-corrected chi connectivity index (χ0v) is 13.3. The number of thioether (sulfide) groups is 1. The van der Waals surface area contributed by atoms with E-state index in [2.05, 4.69) is 52.8 Å². The second-order valence-corrected chi connectivity index (χ2v) is 6.89. The van der Waals surface area contributed by atoms with E-state index in [1.807, 2.05) is 11.8 Å². The van der Waals surface area contributed by atoms with Gasteiger partial charge < -0.3 is 5.32 Å². The van der Waals surface area contributed by atoms with Crippen molar-refractivity contribution in [3.8, 4) is 0 Å². The van der Waals surface area contributed by atoms with Gasteiger partial charge in [0.05, 0.1) is 0 Å². The van der Waals surface area contributed by atoms with E-state index < -0.39 is 0 Å². The summed E-state index contributed by atoms with van der Waals surface area (Å²) >= 11 is 7.42. The second-order valence-electron chi connectivity index (χ2n) is 4.22. The molecule has 92 valence electrons. The van der Waals surface area contributed by atoms with Gasteiger partial charge >= 0.3 is 0 Å². The van der Waals surface area contributed by atoms with Crippen LogP contribution in [0.3, 0.4) is 0 Å². The van der Waals surface area contributed by atoms with Gasteiger partial charge in [-0.05, 0) is 45.1 Å². The van der Waals surface area contributed by atoms with Gasteiger partial charge in [0.1, 0.15) is 0 Å². The van der Waals surface area contributed by atoms with Crippen LogP contribution in [0.25, 0.3) is 0 Å². The van der Waals surface area contributed by atoms with E-state index in [1.165, 1.54) is 15.8 Å². The molecule has 1 atom stereocenters. The lowest BCUT2D eigenvalue weighted by Crippen LogP contribution is -2.23. The Morgan fingerprint density at radius 1 is 1.38 bits per heavy atom. The lowest BCUT2D eigenvalue weighted by atomic mass is 10.2. The van der Waals surface area contributed by atoms with Gasteiger partial charge in [0.15, 0.2) is 0 Å². The first kappa shape index (κ1) is 14.6. The molecule has 0 saturated carbocycles. The van der Waals surface area contributed by atoms with E-state index in [9.17, 15) is 0 Å². The minimum atomic E-state index is 0.481. The highest BCUT2D eigenvalue weighted by Gasteiger charge is 2.14. The van der Waals surface area contributed by atoms with Crippen molar-refractivity contribution in [1.82, 2.24) is 5.32 Å². The first-order chi connectivity index (χ1) is 7.65. The van der Waals surface area contributed by atoms with E-state index in [0.29, 0.717) is 6.04 Å². The summed E-state index contributed by atoms with van der Waals surface area (Å²) in [5, 5.41) is 7.96. The highest BCUT2D eigenvalue weighted by atomic mass is 79.9. The molecule has 0 fully saturated rings. The molecule has 1 unspecified atom stereocenters. The third-order valence-electron chi connectivity index (χ3n) is 2.20. The molecule has 16 heavy (non-hydrogen) atoms. The Balaban J connectivity index is 2.51. The minimum absolute atomic E-state index is 0.481. The molecule has 1 rings (SSSR count). The standard InChI is InChI=1S/C12H20BrNS2/c1-4-14-12(8-15-5-9(2)3)10-6-16-7-11(10)13/h6-7,9,12,14H,4-5,8H2,1-3H3. The number of halogens is 1. The summed E-state index contributed by atoms with van der Waals surface area (Å²) in [5.74, 6) is 3.17. The second kappa shape index (κ2) is 7.75. The molecular formula is C12H20BrNS2. The maximum atomic E-state index is 3.62. The molecular weight excluding hydrogens is 302 g/mol. The van der Waals surface area contributed by atoms with Crippen LogP contribution in [0.2, 0.25) is 0 Å². The van der Waals surface area contributed by atoms with E-state index in [0.717, 1.165) is 18.2 Å². The number of hydrogen-bond acceptors (Lipinski definition) is 3. The van der Waals surface area contributed by atoms with Gasteiger partial charge in [-0.3, -0.25) is 0 Å². The SMILES string of the molecule is CCNC(CSCC(C)C)c1cscc1Br. The molecule has 0 aliphatic carbocycles. The fourth-order valence-electron chi connectivity index (χ4n) is 1.47. The Kier molecular flexibility index (Phi) is 7.04. The van der Waals surface area contributed by atoms with Gasteiger partial charge in [0.2, 0.25) is 0 Å². The monoisotopic (exact) mass is 321 g/mol. The predicted molar refractivity (Wildman–Crippen MR) is 80.6 cm³/mol. The Morgan fingerprint density at radius 3 is 2.62 bits per heavy atom. The summed E-state index contributed by atoms with van der Waals surface area (Å²) in [7, 11) is 0. The average molecular weight is 322 g/mol. The molecule has 1 heterocycles. The summed E-state index contributed by atoms with van der Waals surface area (Å²) < 4.78 is 1.24. The summed E-state index contributed by atoms with van der Waals surface area (Å²) in [6, 6.07) is 0.481. The molecule has 0 radical (unpaired) electrons. The molecule has 0 bridgehead atoms. The number of hydrogen-bond donors (Lipinski definition) is 1. The van der Waals surface area contributed by atoms with Crippen molar-refractivity contribution >= 4 is 39.0 Å². The van der Waals surface area contributed by atoms with Crippen LogP contribution in [0.4, 0.5) is 0 Å². The lowest BCUT2D eigenvalue weighted by molar-refractivity contribution is 0.604. The molecule has 1 aromatic rings. The van der Waals surface area contributed by atoms with Crippen LogP contribution in [-0.4, -0.2) is 18.1 Å². The largest absolute Gasteiger partial charge is 0.309 e. The maximum absolute atomic E-state index is 3.62. The lowest BCUT2D eigenvalue weighted by Gasteiger charge is -2.17. The van der Waals surface area contributed by atoms with Crippen LogP contribution in [0.5, 0.6) is 0 Å². The fourth-order valence-corrected chi connectivity index (χ4v) is 4.23. The molecule has 0 aliphatic heterocycles. The van der Waals surface area contributed by atoms with Crippen molar-refractivity contribution < 1.29 is 0 Å². The Labute approximate surface area is 116 Å². The van der Waals surface area contributed by atoms with Crippen molar-refractivity contribution in [3.63, 3.8) is 0 Å². The Hall–Kier alpha value is 0.490. The quantitative estimate of drug-likeness (QED) is 0.790. The highest BCUT2D eigenvalue weighted by molar-refractivity contribution is 9.10. The van der Waals surface area contributed by atoms with Gasteiger partial charge in [-0.25, -0.2) is 0 Å². The Bertz CT molecular complexity index is 299. The van der Waals surface area contributed by atoms with E-state index >= 15 is 0 Å². The molecule has 1 aromatic heterocycles.